The maximum Gasteiger partial charge on any atom is 0.341 e. The maximum atomic E-state index is 11.9. The number of esters is 1. The van der Waals surface area contributed by atoms with Crippen LogP contribution in [0.2, 0.25) is 0 Å². The van der Waals surface area contributed by atoms with Gasteiger partial charge in [0.2, 0.25) is 0 Å². The van der Waals surface area contributed by atoms with E-state index in [1.807, 2.05) is 6.07 Å². The van der Waals surface area contributed by atoms with Crippen LogP contribution in [0.4, 0.5) is 0 Å². The number of ether oxygens (including phenoxy) is 2. The number of nitrogens with zero attached hydrogens (tertiary/aromatic N) is 2. The molecule has 1 aromatic carbocycles. The van der Waals surface area contributed by atoms with E-state index in [4.69, 9.17) is 9.47 Å². The fourth-order valence-electron chi connectivity index (χ4n) is 4.21. The lowest BCUT2D eigenvalue weighted by molar-refractivity contribution is 0.0597. The minimum absolute atomic E-state index is 0.404. The van der Waals surface area contributed by atoms with Crippen LogP contribution in [0.1, 0.15) is 48.0 Å². The third kappa shape index (κ3) is 4.95. The van der Waals surface area contributed by atoms with Gasteiger partial charge in [0.05, 0.1) is 14.2 Å². The summed E-state index contributed by atoms with van der Waals surface area (Å²) in [6.07, 6.45) is 6.58. The molecule has 2 N–H and O–H groups in total. The van der Waals surface area contributed by atoms with Crippen molar-refractivity contribution in [2.24, 2.45) is 4.99 Å². The third-order valence-electron chi connectivity index (χ3n) is 5.75. The second-order valence-corrected chi connectivity index (χ2v) is 7.52. The van der Waals surface area contributed by atoms with E-state index in [2.05, 4.69) is 20.5 Å². The number of rotatable bonds is 6. The van der Waals surface area contributed by atoms with E-state index in [-0.39, 0.29) is 0 Å². The highest BCUT2D eigenvalue weighted by atomic mass is 16.5. The van der Waals surface area contributed by atoms with Crippen LogP contribution < -0.4 is 15.4 Å². The van der Waals surface area contributed by atoms with Crippen molar-refractivity contribution in [1.82, 2.24) is 15.5 Å². The molecule has 3 rings (SSSR count). The minimum Gasteiger partial charge on any atom is -0.496 e. The summed E-state index contributed by atoms with van der Waals surface area (Å²) >= 11 is 0. The Labute approximate surface area is 167 Å². The fraction of sp³-hybridized carbons (Fsp3) is 0.619. The minimum atomic E-state index is -0.404. The SMILES string of the molecule is CN=C(NCc1ccc(OC)c(C(=O)OC)c1)NC1CCN(C2CCCC2)C1. The molecule has 0 amide bonds. The van der Waals surface area contributed by atoms with Crippen LogP contribution in [0.3, 0.4) is 0 Å². The van der Waals surface area contributed by atoms with E-state index in [9.17, 15) is 4.79 Å². The molecule has 1 aromatic rings. The number of carbonyl (C=O) groups excluding carboxylic acids is 1. The second-order valence-electron chi connectivity index (χ2n) is 7.52. The standard InChI is InChI=1S/C21H32N4O3/c1-22-21(24-16-10-11-25(14-16)17-6-4-5-7-17)23-13-15-8-9-19(27-2)18(12-15)20(26)28-3/h8-9,12,16-17H,4-7,10-11,13-14H2,1-3H3,(H2,22,23,24). The average Bonchev–Trinajstić information content (AvgIpc) is 3.42. The van der Waals surface area contributed by atoms with Gasteiger partial charge in [-0.2, -0.15) is 0 Å². The van der Waals surface area contributed by atoms with Crippen molar-refractivity contribution in [2.75, 3.05) is 34.4 Å². The zero-order valence-corrected chi connectivity index (χ0v) is 17.2. The Morgan fingerprint density at radius 2 is 2.04 bits per heavy atom. The summed E-state index contributed by atoms with van der Waals surface area (Å²) in [6.45, 7) is 2.81. The molecule has 2 aliphatic rings. The average molecular weight is 389 g/mol. The van der Waals surface area contributed by atoms with Crippen molar-refractivity contribution in [2.45, 2.75) is 50.7 Å². The van der Waals surface area contributed by atoms with Crippen LogP contribution in [0.15, 0.2) is 23.2 Å². The van der Waals surface area contributed by atoms with E-state index in [1.54, 1.807) is 26.3 Å². The number of benzene rings is 1. The van der Waals surface area contributed by atoms with Gasteiger partial charge in [-0.25, -0.2) is 4.79 Å². The molecule has 1 saturated carbocycles. The number of hydrogen-bond donors (Lipinski definition) is 2. The number of carbonyl (C=O) groups is 1. The number of aliphatic imine (C=N–C) groups is 1. The molecule has 7 nitrogen and oxygen atoms in total. The van der Waals surface area contributed by atoms with E-state index in [0.29, 0.717) is 23.9 Å². The van der Waals surface area contributed by atoms with Gasteiger partial charge in [-0.3, -0.25) is 9.89 Å². The topological polar surface area (TPSA) is 75.2 Å². The summed E-state index contributed by atoms with van der Waals surface area (Å²) in [5.41, 5.74) is 1.39. The predicted octanol–water partition coefficient (Wildman–Crippen LogP) is 2.16. The van der Waals surface area contributed by atoms with Crippen molar-refractivity contribution in [3.63, 3.8) is 0 Å². The lowest BCUT2D eigenvalue weighted by atomic mass is 10.1. The molecule has 0 bridgehead atoms. The summed E-state index contributed by atoms with van der Waals surface area (Å²) in [7, 11) is 4.70. The summed E-state index contributed by atoms with van der Waals surface area (Å²) in [5, 5.41) is 6.89. The molecule has 28 heavy (non-hydrogen) atoms. The van der Waals surface area contributed by atoms with Gasteiger partial charge in [0.1, 0.15) is 11.3 Å². The van der Waals surface area contributed by atoms with Gasteiger partial charge in [-0.1, -0.05) is 18.9 Å². The summed E-state index contributed by atoms with van der Waals surface area (Å²) < 4.78 is 10.1. The first-order valence-electron chi connectivity index (χ1n) is 10.1. The van der Waals surface area contributed by atoms with Crippen LogP contribution in [0.25, 0.3) is 0 Å². The number of guanidine groups is 1. The largest absolute Gasteiger partial charge is 0.496 e. The monoisotopic (exact) mass is 388 g/mol. The molecular formula is C21H32N4O3. The van der Waals surface area contributed by atoms with Gasteiger partial charge >= 0.3 is 5.97 Å². The fourth-order valence-corrected chi connectivity index (χ4v) is 4.21. The van der Waals surface area contributed by atoms with Gasteiger partial charge in [-0.15, -0.1) is 0 Å². The van der Waals surface area contributed by atoms with Crippen LogP contribution >= 0.6 is 0 Å². The molecular weight excluding hydrogens is 356 g/mol. The molecule has 1 saturated heterocycles. The van der Waals surface area contributed by atoms with E-state index >= 15 is 0 Å². The zero-order chi connectivity index (χ0) is 19.9. The Morgan fingerprint density at radius 3 is 2.71 bits per heavy atom. The van der Waals surface area contributed by atoms with Crippen LogP contribution in [-0.2, 0) is 11.3 Å². The number of nitrogens with one attached hydrogen (secondary N) is 2. The normalized spacial score (nSPS) is 21.0. The highest BCUT2D eigenvalue weighted by Gasteiger charge is 2.30. The van der Waals surface area contributed by atoms with Crippen molar-refractivity contribution < 1.29 is 14.3 Å². The highest BCUT2D eigenvalue weighted by molar-refractivity contribution is 5.92. The van der Waals surface area contributed by atoms with E-state index < -0.39 is 5.97 Å². The molecule has 7 heteroatoms. The van der Waals surface area contributed by atoms with Gasteiger partial charge in [0.15, 0.2) is 5.96 Å². The molecule has 2 fully saturated rings. The first-order chi connectivity index (χ1) is 13.6. The zero-order valence-electron chi connectivity index (χ0n) is 17.2. The van der Waals surface area contributed by atoms with Crippen LogP contribution in [0.5, 0.6) is 5.75 Å². The predicted molar refractivity (Wildman–Crippen MR) is 110 cm³/mol. The van der Waals surface area contributed by atoms with Crippen LogP contribution in [-0.4, -0.2) is 63.3 Å². The maximum absolute atomic E-state index is 11.9. The van der Waals surface area contributed by atoms with E-state index in [1.165, 1.54) is 39.3 Å². The number of likely N-dealkylation sites (tertiary alicyclic amines) is 1. The quantitative estimate of drug-likeness (QED) is 0.442. The molecule has 1 unspecified atom stereocenters. The van der Waals surface area contributed by atoms with Crippen LogP contribution in [0, 0.1) is 0 Å². The lowest BCUT2D eigenvalue weighted by Crippen LogP contribution is -2.45. The molecule has 0 radical (unpaired) electrons. The van der Waals surface area contributed by atoms with Gasteiger partial charge < -0.3 is 20.1 Å². The van der Waals surface area contributed by atoms with Crippen molar-refractivity contribution in [3.05, 3.63) is 29.3 Å². The van der Waals surface area contributed by atoms with Crippen molar-refractivity contribution in [3.8, 4) is 5.75 Å². The third-order valence-corrected chi connectivity index (χ3v) is 5.75. The second kappa shape index (κ2) is 9.78. The molecule has 0 aromatic heterocycles. The Morgan fingerprint density at radius 1 is 1.25 bits per heavy atom. The van der Waals surface area contributed by atoms with Gasteiger partial charge in [0.25, 0.3) is 0 Å². The summed E-state index contributed by atoms with van der Waals surface area (Å²) in [4.78, 5) is 18.9. The number of methoxy groups -OCH3 is 2. The Hall–Kier alpha value is -2.28. The molecule has 0 spiro atoms. The van der Waals surface area contributed by atoms with Crippen molar-refractivity contribution >= 4 is 11.9 Å². The summed E-state index contributed by atoms with van der Waals surface area (Å²) in [5.74, 6) is 0.893. The highest BCUT2D eigenvalue weighted by Crippen LogP contribution is 2.26. The Kier molecular flexibility index (Phi) is 7.14. The molecule has 1 aliphatic carbocycles. The van der Waals surface area contributed by atoms with Gasteiger partial charge in [-0.05, 0) is 37.0 Å². The van der Waals surface area contributed by atoms with Crippen molar-refractivity contribution in [1.29, 1.82) is 0 Å². The first kappa shape index (κ1) is 20.5. The molecule has 154 valence electrons. The summed E-state index contributed by atoms with van der Waals surface area (Å²) in [6, 6.07) is 6.72. The lowest BCUT2D eigenvalue weighted by Gasteiger charge is -2.24. The Balaban J connectivity index is 1.53. The Bertz CT molecular complexity index is 701. The molecule has 1 aliphatic heterocycles. The number of hydrogen-bond acceptors (Lipinski definition) is 5. The van der Waals surface area contributed by atoms with Gasteiger partial charge in [0, 0.05) is 38.8 Å². The first-order valence-corrected chi connectivity index (χ1v) is 10.1. The molecule has 1 heterocycles. The molecule has 1 atom stereocenters. The smallest absolute Gasteiger partial charge is 0.341 e. The van der Waals surface area contributed by atoms with E-state index in [0.717, 1.165) is 30.5 Å².